The molecule has 1 atom stereocenters. The molecule has 1 fully saturated rings. The van der Waals surface area contributed by atoms with Crippen molar-refractivity contribution in [3.63, 3.8) is 0 Å². The van der Waals surface area contributed by atoms with E-state index in [1.807, 2.05) is 0 Å². The third-order valence-corrected chi connectivity index (χ3v) is 5.13. The number of amides is 1. The third kappa shape index (κ3) is 6.35. The van der Waals surface area contributed by atoms with Gasteiger partial charge in [0.1, 0.15) is 0 Å². The number of nitrogens with one attached hydrogen (secondary N) is 1. The molecule has 1 saturated carbocycles. The van der Waals surface area contributed by atoms with Gasteiger partial charge in [0.15, 0.2) is 0 Å². The van der Waals surface area contributed by atoms with Crippen molar-refractivity contribution in [2.75, 3.05) is 19.7 Å². The summed E-state index contributed by atoms with van der Waals surface area (Å²) in [5.74, 6) is 1.22. The molecule has 0 aromatic rings. The van der Waals surface area contributed by atoms with Crippen LogP contribution in [0.2, 0.25) is 0 Å². The zero-order valence-electron chi connectivity index (χ0n) is 13.9. The molecule has 4 N–H and O–H groups in total. The first-order valence-electron chi connectivity index (χ1n) is 8.60. The second kappa shape index (κ2) is 9.42. The van der Waals surface area contributed by atoms with Gasteiger partial charge < -0.3 is 16.2 Å². The zero-order chi connectivity index (χ0) is 15.7. The average molecular weight is 298 g/mol. The summed E-state index contributed by atoms with van der Waals surface area (Å²) in [6.07, 6.45) is 8.13. The lowest BCUT2D eigenvalue weighted by molar-refractivity contribution is -0.122. The molecule has 0 heterocycles. The van der Waals surface area contributed by atoms with Gasteiger partial charge in [-0.25, -0.2) is 0 Å². The number of carbonyl (C=O) groups excluding carboxylic acids is 1. The van der Waals surface area contributed by atoms with Crippen LogP contribution in [0, 0.1) is 17.3 Å². The van der Waals surface area contributed by atoms with E-state index in [-0.39, 0.29) is 17.9 Å². The molecule has 0 aliphatic heterocycles. The van der Waals surface area contributed by atoms with Crippen LogP contribution >= 0.6 is 0 Å². The van der Waals surface area contributed by atoms with Crippen LogP contribution in [0.1, 0.15) is 65.2 Å². The Morgan fingerprint density at radius 1 is 1.24 bits per heavy atom. The Kier molecular flexibility index (Phi) is 8.27. The van der Waals surface area contributed by atoms with Gasteiger partial charge in [0.25, 0.3) is 0 Å². The quantitative estimate of drug-likeness (QED) is 0.612. The first kappa shape index (κ1) is 18.4. The topological polar surface area (TPSA) is 75.4 Å². The highest BCUT2D eigenvalue weighted by Gasteiger charge is 2.31. The summed E-state index contributed by atoms with van der Waals surface area (Å²) >= 11 is 0. The van der Waals surface area contributed by atoms with E-state index in [0.717, 1.165) is 25.7 Å². The van der Waals surface area contributed by atoms with Crippen LogP contribution in [0.5, 0.6) is 0 Å². The molecule has 21 heavy (non-hydrogen) atoms. The van der Waals surface area contributed by atoms with Gasteiger partial charge in [0.2, 0.25) is 5.91 Å². The summed E-state index contributed by atoms with van der Waals surface area (Å²) in [7, 11) is 0. The summed E-state index contributed by atoms with van der Waals surface area (Å²) in [6, 6.07) is 0. The van der Waals surface area contributed by atoms with Crippen LogP contribution in [0.25, 0.3) is 0 Å². The molecule has 1 rings (SSSR count). The van der Waals surface area contributed by atoms with Gasteiger partial charge in [-0.1, -0.05) is 33.1 Å². The third-order valence-electron chi connectivity index (χ3n) is 5.13. The van der Waals surface area contributed by atoms with Gasteiger partial charge in [0, 0.05) is 18.4 Å². The summed E-state index contributed by atoms with van der Waals surface area (Å²) < 4.78 is 0. The van der Waals surface area contributed by atoms with Crippen molar-refractivity contribution >= 4 is 5.91 Å². The predicted molar refractivity (Wildman–Crippen MR) is 86.8 cm³/mol. The largest absolute Gasteiger partial charge is 0.396 e. The van der Waals surface area contributed by atoms with E-state index in [2.05, 4.69) is 19.2 Å². The van der Waals surface area contributed by atoms with Crippen molar-refractivity contribution in [2.24, 2.45) is 23.0 Å². The Morgan fingerprint density at radius 2 is 1.90 bits per heavy atom. The summed E-state index contributed by atoms with van der Waals surface area (Å²) in [5, 5.41) is 12.7. The number of hydrogen-bond acceptors (Lipinski definition) is 3. The molecule has 0 radical (unpaired) electrons. The summed E-state index contributed by atoms with van der Waals surface area (Å²) in [4.78, 5) is 12.1. The molecule has 4 heteroatoms. The lowest BCUT2D eigenvalue weighted by Gasteiger charge is -2.35. The number of nitrogens with two attached hydrogens (primary N) is 1. The van der Waals surface area contributed by atoms with E-state index in [0.29, 0.717) is 31.3 Å². The Hall–Kier alpha value is -0.610. The fourth-order valence-corrected chi connectivity index (χ4v) is 3.41. The molecule has 1 unspecified atom stereocenters. The molecule has 0 aromatic heterocycles. The molecule has 0 bridgehead atoms. The van der Waals surface area contributed by atoms with E-state index in [4.69, 9.17) is 5.73 Å². The average Bonchev–Trinajstić information content (AvgIpc) is 2.50. The molecular formula is C17H34N2O2. The van der Waals surface area contributed by atoms with Gasteiger partial charge >= 0.3 is 0 Å². The minimum absolute atomic E-state index is 0.0668. The van der Waals surface area contributed by atoms with Crippen molar-refractivity contribution in [1.82, 2.24) is 5.32 Å². The van der Waals surface area contributed by atoms with Crippen molar-refractivity contribution in [2.45, 2.75) is 65.2 Å². The maximum Gasteiger partial charge on any atom is 0.220 e. The molecule has 0 aromatic carbocycles. The van der Waals surface area contributed by atoms with Gasteiger partial charge in [-0.05, 0) is 44.1 Å². The van der Waals surface area contributed by atoms with Crippen molar-refractivity contribution < 1.29 is 9.90 Å². The zero-order valence-corrected chi connectivity index (χ0v) is 13.9. The summed E-state index contributed by atoms with van der Waals surface area (Å²) in [6.45, 7) is 5.90. The highest BCUT2D eigenvalue weighted by atomic mass is 16.3. The predicted octanol–water partition coefficient (Wildman–Crippen LogP) is 2.45. The summed E-state index contributed by atoms with van der Waals surface area (Å²) in [5.41, 5.74) is 5.57. The van der Waals surface area contributed by atoms with E-state index < -0.39 is 0 Å². The van der Waals surface area contributed by atoms with Crippen LogP contribution in [-0.4, -0.2) is 30.7 Å². The Labute approximate surface area is 129 Å². The Balaban J connectivity index is 2.32. The highest BCUT2D eigenvalue weighted by Crippen LogP contribution is 2.35. The van der Waals surface area contributed by atoms with Crippen molar-refractivity contribution in [3.8, 4) is 0 Å². The molecule has 4 nitrogen and oxygen atoms in total. The molecule has 0 saturated heterocycles. The lowest BCUT2D eigenvalue weighted by Crippen LogP contribution is -2.41. The van der Waals surface area contributed by atoms with Crippen LogP contribution in [0.15, 0.2) is 0 Å². The molecule has 124 valence electrons. The Morgan fingerprint density at radius 3 is 2.43 bits per heavy atom. The molecule has 1 aliphatic rings. The second-order valence-corrected chi connectivity index (χ2v) is 7.12. The van der Waals surface area contributed by atoms with E-state index >= 15 is 0 Å². The second-order valence-electron chi connectivity index (χ2n) is 7.12. The Bertz CT molecular complexity index is 299. The molecular weight excluding hydrogens is 264 g/mol. The smallest absolute Gasteiger partial charge is 0.220 e. The van der Waals surface area contributed by atoms with Crippen molar-refractivity contribution in [3.05, 3.63) is 0 Å². The number of hydrogen-bond donors (Lipinski definition) is 3. The maximum absolute atomic E-state index is 12.1. The van der Waals surface area contributed by atoms with Gasteiger partial charge in [-0.15, -0.1) is 0 Å². The lowest BCUT2D eigenvalue weighted by atomic mass is 9.74. The van der Waals surface area contributed by atoms with Gasteiger partial charge in [-0.2, -0.15) is 0 Å². The van der Waals surface area contributed by atoms with E-state index in [1.165, 1.54) is 19.3 Å². The fraction of sp³-hybridized carbons (Fsp3) is 0.941. The minimum Gasteiger partial charge on any atom is -0.396 e. The molecule has 0 spiro atoms. The first-order valence-corrected chi connectivity index (χ1v) is 8.60. The van der Waals surface area contributed by atoms with E-state index in [9.17, 15) is 9.90 Å². The van der Waals surface area contributed by atoms with Crippen LogP contribution in [-0.2, 0) is 4.79 Å². The number of carbonyl (C=O) groups is 1. The monoisotopic (exact) mass is 298 g/mol. The van der Waals surface area contributed by atoms with Crippen molar-refractivity contribution in [1.29, 1.82) is 0 Å². The fourth-order valence-electron chi connectivity index (χ4n) is 3.41. The number of aliphatic hydroxyl groups excluding tert-OH is 1. The van der Waals surface area contributed by atoms with Gasteiger partial charge in [-0.3, -0.25) is 4.79 Å². The van der Waals surface area contributed by atoms with Gasteiger partial charge in [0.05, 0.1) is 6.61 Å². The first-order chi connectivity index (χ1) is 10.0. The van der Waals surface area contributed by atoms with E-state index in [1.54, 1.807) is 0 Å². The van der Waals surface area contributed by atoms with Crippen LogP contribution in [0.4, 0.5) is 0 Å². The molecule has 1 amide bonds. The van der Waals surface area contributed by atoms with Crippen LogP contribution in [0.3, 0.4) is 0 Å². The number of aliphatic hydroxyl groups is 1. The normalized spacial score (nSPS) is 19.5. The number of rotatable bonds is 9. The SMILES string of the molecule is CC(C)C(CCN)CCC(=O)NCC1(CO)CCCCC1. The maximum atomic E-state index is 12.1. The highest BCUT2D eigenvalue weighted by molar-refractivity contribution is 5.75. The minimum atomic E-state index is -0.0668. The standard InChI is InChI=1S/C17H34N2O2/c1-14(2)15(8-11-18)6-7-16(21)19-12-17(13-20)9-4-3-5-10-17/h14-15,20H,3-13,18H2,1-2H3,(H,19,21). The molecule has 1 aliphatic carbocycles. The van der Waals surface area contributed by atoms with Crippen LogP contribution < -0.4 is 11.1 Å².